The maximum atomic E-state index is 12.5. The lowest BCUT2D eigenvalue weighted by molar-refractivity contribution is -0.130. The molecule has 1 aliphatic rings. The molecule has 1 heterocycles. The molecule has 5 heteroatoms. The Kier molecular flexibility index (Phi) is 5.33. The van der Waals surface area contributed by atoms with Gasteiger partial charge in [0.2, 0.25) is 5.91 Å². The minimum Gasteiger partial charge on any atom is -0.457 e. The summed E-state index contributed by atoms with van der Waals surface area (Å²) in [6.45, 7) is 1.71. The zero-order chi connectivity index (χ0) is 17.6. The number of ether oxygens (including phenoxy) is 1. The maximum Gasteiger partial charge on any atom is 0.254 e. The molecule has 0 saturated carbocycles. The lowest BCUT2D eigenvalue weighted by Gasteiger charge is -2.21. The SMILES string of the molecule is CN(CC(=O)N1CCCC1)C(=O)c1ccc(Oc2ccccc2)cc1. The standard InChI is InChI=1S/C20H22N2O3/c1-21(15-19(23)22-13-5-6-14-22)20(24)16-9-11-18(12-10-16)25-17-7-3-2-4-8-17/h2-4,7-12H,5-6,13-15H2,1H3. The zero-order valence-electron chi connectivity index (χ0n) is 14.4. The highest BCUT2D eigenvalue weighted by Gasteiger charge is 2.21. The Hall–Kier alpha value is -2.82. The molecule has 0 spiro atoms. The van der Waals surface area contributed by atoms with Gasteiger partial charge in [-0.3, -0.25) is 9.59 Å². The third-order valence-electron chi connectivity index (χ3n) is 4.26. The Morgan fingerprint density at radius 2 is 1.56 bits per heavy atom. The smallest absolute Gasteiger partial charge is 0.254 e. The number of hydrogen-bond donors (Lipinski definition) is 0. The minimum absolute atomic E-state index is 0.0115. The molecule has 5 nitrogen and oxygen atoms in total. The molecule has 0 N–H and O–H groups in total. The van der Waals surface area contributed by atoms with Crippen LogP contribution in [-0.4, -0.2) is 48.3 Å². The molecule has 0 radical (unpaired) electrons. The molecule has 2 amide bonds. The lowest BCUT2D eigenvalue weighted by atomic mass is 10.2. The van der Waals surface area contributed by atoms with Crippen LogP contribution in [0.25, 0.3) is 0 Å². The van der Waals surface area contributed by atoms with E-state index in [9.17, 15) is 9.59 Å². The lowest BCUT2D eigenvalue weighted by Crippen LogP contribution is -2.39. The first kappa shape index (κ1) is 17.0. The highest BCUT2D eigenvalue weighted by atomic mass is 16.5. The summed E-state index contributed by atoms with van der Waals surface area (Å²) in [4.78, 5) is 27.9. The Morgan fingerprint density at radius 1 is 0.960 bits per heavy atom. The van der Waals surface area contributed by atoms with Crippen molar-refractivity contribution in [1.82, 2.24) is 9.80 Å². The number of likely N-dealkylation sites (tertiary alicyclic amines) is 1. The predicted octanol–water partition coefficient (Wildman–Crippen LogP) is 3.17. The van der Waals surface area contributed by atoms with Gasteiger partial charge in [0.25, 0.3) is 5.91 Å². The highest BCUT2D eigenvalue weighted by Crippen LogP contribution is 2.21. The van der Waals surface area contributed by atoms with E-state index < -0.39 is 0 Å². The molecule has 1 fully saturated rings. The third-order valence-corrected chi connectivity index (χ3v) is 4.26. The van der Waals surface area contributed by atoms with E-state index in [1.165, 1.54) is 4.90 Å². The van der Waals surface area contributed by atoms with Gasteiger partial charge in [-0.25, -0.2) is 0 Å². The van der Waals surface area contributed by atoms with Crippen LogP contribution in [0.4, 0.5) is 0 Å². The van der Waals surface area contributed by atoms with Crippen LogP contribution in [0, 0.1) is 0 Å². The van der Waals surface area contributed by atoms with E-state index in [0.29, 0.717) is 11.3 Å². The molecule has 2 aromatic carbocycles. The highest BCUT2D eigenvalue weighted by molar-refractivity contribution is 5.96. The van der Waals surface area contributed by atoms with E-state index in [4.69, 9.17) is 4.74 Å². The molecule has 0 unspecified atom stereocenters. The monoisotopic (exact) mass is 338 g/mol. The molecule has 1 aliphatic heterocycles. The van der Waals surface area contributed by atoms with E-state index in [-0.39, 0.29) is 18.4 Å². The molecule has 0 aliphatic carbocycles. The molecular weight excluding hydrogens is 316 g/mol. The van der Waals surface area contributed by atoms with Crippen molar-refractivity contribution in [1.29, 1.82) is 0 Å². The third kappa shape index (κ3) is 4.38. The summed E-state index contributed by atoms with van der Waals surface area (Å²) < 4.78 is 5.72. The molecule has 130 valence electrons. The number of likely N-dealkylation sites (N-methyl/N-ethyl adjacent to an activating group) is 1. The van der Waals surface area contributed by atoms with Gasteiger partial charge in [-0.2, -0.15) is 0 Å². The summed E-state index contributed by atoms with van der Waals surface area (Å²) in [5, 5.41) is 0. The van der Waals surface area contributed by atoms with E-state index in [2.05, 4.69) is 0 Å². The van der Waals surface area contributed by atoms with Crippen molar-refractivity contribution in [2.45, 2.75) is 12.8 Å². The fraction of sp³-hybridized carbons (Fsp3) is 0.300. The van der Waals surface area contributed by atoms with Gasteiger partial charge < -0.3 is 14.5 Å². The Morgan fingerprint density at radius 3 is 2.20 bits per heavy atom. The number of hydrogen-bond acceptors (Lipinski definition) is 3. The average molecular weight is 338 g/mol. The molecule has 25 heavy (non-hydrogen) atoms. The van der Waals surface area contributed by atoms with Crippen molar-refractivity contribution in [3.8, 4) is 11.5 Å². The second-order valence-electron chi connectivity index (χ2n) is 6.19. The summed E-state index contributed by atoms with van der Waals surface area (Å²) in [7, 11) is 1.66. The summed E-state index contributed by atoms with van der Waals surface area (Å²) >= 11 is 0. The van der Waals surface area contributed by atoms with Gasteiger partial charge in [0.15, 0.2) is 0 Å². The topological polar surface area (TPSA) is 49.9 Å². The van der Waals surface area contributed by atoms with Crippen LogP contribution in [0.5, 0.6) is 11.5 Å². The summed E-state index contributed by atoms with van der Waals surface area (Å²) in [5.41, 5.74) is 0.539. The average Bonchev–Trinajstić information content (AvgIpc) is 3.17. The fourth-order valence-electron chi connectivity index (χ4n) is 2.85. The van der Waals surface area contributed by atoms with E-state index in [0.717, 1.165) is 31.7 Å². The van der Waals surface area contributed by atoms with Gasteiger partial charge >= 0.3 is 0 Å². The van der Waals surface area contributed by atoms with Crippen LogP contribution in [0.15, 0.2) is 54.6 Å². The number of amides is 2. The predicted molar refractivity (Wildman–Crippen MR) is 95.7 cm³/mol. The summed E-state index contributed by atoms with van der Waals surface area (Å²) in [6, 6.07) is 16.4. The number of carbonyl (C=O) groups is 2. The number of rotatable bonds is 5. The van der Waals surface area contributed by atoms with Crippen LogP contribution in [0.1, 0.15) is 23.2 Å². The van der Waals surface area contributed by atoms with Crippen LogP contribution >= 0.6 is 0 Å². The van der Waals surface area contributed by atoms with Crippen molar-refractivity contribution >= 4 is 11.8 Å². The zero-order valence-corrected chi connectivity index (χ0v) is 14.4. The molecule has 2 aromatic rings. The number of nitrogens with zero attached hydrogens (tertiary/aromatic N) is 2. The first-order valence-electron chi connectivity index (χ1n) is 8.50. The van der Waals surface area contributed by atoms with Crippen molar-refractivity contribution in [3.63, 3.8) is 0 Å². The number of benzene rings is 2. The largest absolute Gasteiger partial charge is 0.457 e. The normalized spacial score (nSPS) is 13.6. The first-order chi connectivity index (χ1) is 12.1. The van der Waals surface area contributed by atoms with Gasteiger partial charge in [-0.1, -0.05) is 18.2 Å². The summed E-state index contributed by atoms with van der Waals surface area (Å²) in [5.74, 6) is 1.25. The number of para-hydroxylation sites is 1. The van der Waals surface area contributed by atoms with E-state index in [1.54, 1.807) is 31.3 Å². The minimum atomic E-state index is -0.168. The molecule has 0 aromatic heterocycles. The molecule has 3 rings (SSSR count). The van der Waals surface area contributed by atoms with Crippen LogP contribution in [0.3, 0.4) is 0 Å². The Labute approximate surface area is 147 Å². The van der Waals surface area contributed by atoms with Crippen LogP contribution in [0.2, 0.25) is 0 Å². The van der Waals surface area contributed by atoms with Gasteiger partial charge in [-0.05, 0) is 49.2 Å². The van der Waals surface area contributed by atoms with Gasteiger partial charge in [0.05, 0.1) is 6.54 Å². The Balaban J connectivity index is 1.59. The van der Waals surface area contributed by atoms with E-state index in [1.807, 2.05) is 35.2 Å². The van der Waals surface area contributed by atoms with Crippen LogP contribution in [-0.2, 0) is 4.79 Å². The van der Waals surface area contributed by atoms with Gasteiger partial charge in [-0.15, -0.1) is 0 Å². The molecule has 1 saturated heterocycles. The Bertz CT molecular complexity index is 722. The first-order valence-corrected chi connectivity index (χ1v) is 8.50. The maximum absolute atomic E-state index is 12.5. The second kappa shape index (κ2) is 7.83. The fourth-order valence-corrected chi connectivity index (χ4v) is 2.85. The van der Waals surface area contributed by atoms with Crippen molar-refractivity contribution in [2.24, 2.45) is 0 Å². The second-order valence-corrected chi connectivity index (χ2v) is 6.19. The summed E-state index contributed by atoms with van der Waals surface area (Å²) in [6.07, 6.45) is 2.10. The molecular formula is C20H22N2O3. The quantitative estimate of drug-likeness (QED) is 0.841. The van der Waals surface area contributed by atoms with Crippen molar-refractivity contribution in [3.05, 3.63) is 60.2 Å². The van der Waals surface area contributed by atoms with Crippen LogP contribution < -0.4 is 4.74 Å². The molecule has 0 atom stereocenters. The molecule has 0 bridgehead atoms. The van der Waals surface area contributed by atoms with Crippen molar-refractivity contribution in [2.75, 3.05) is 26.7 Å². The van der Waals surface area contributed by atoms with Gasteiger partial charge in [0.1, 0.15) is 11.5 Å². The van der Waals surface area contributed by atoms with Crippen molar-refractivity contribution < 1.29 is 14.3 Å². The van der Waals surface area contributed by atoms with Gasteiger partial charge in [0, 0.05) is 25.7 Å². The number of carbonyl (C=O) groups excluding carboxylic acids is 2. The van der Waals surface area contributed by atoms with E-state index >= 15 is 0 Å².